The molecule has 0 aliphatic rings. The summed E-state index contributed by atoms with van der Waals surface area (Å²) in [5, 5.41) is 9.53. The van der Waals surface area contributed by atoms with Gasteiger partial charge < -0.3 is 8.98 Å². The van der Waals surface area contributed by atoms with Crippen molar-refractivity contribution in [2.75, 3.05) is 0 Å². The van der Waals surface area contributed by atoms with Gasteiger partial charge in [-0.25, -0.2) is 4.98 Å². The summed E-state index contributed by atoms with van der Waals surface area (Å²) < 4.78 is 13.2. The first-order valence-electron chi connectivity index (χ1n) is 19.7. The van der Waals surface area contributed by atoms with Crippen molar-refractivity contribution in [2.24, 2.45) is 0 Å². The second-order valence-corrected chi connectivity index (χ2v) is 15.1. The minimum Gasteiger partial charge on any atom is -0.456 e. The summed E-state index contributed by atoms with van der Waals surface area (Å²) in [6.07, 6.45) is 0. The minimum atomic E-state index is 0.878. The monoisotopic (exact) mass is 740 g/mol. The Morgan fingerprint density at radius 3 is 1.57 bits per heavy atom. The maximum atomic E-state index is 6.20. The molecule has 270 valence electrons. The van der Waals surface area contributed by atoms with Gasteiger partial charge in [0.15, 0.2) is 0 Å². The van der Waals surface area contributed by atoms with Crippen LogP contribution >= 0.6 is 0 Å². The molecular weight excluding hydrogens is 709 g/mol. The third-order valence-electron chi connectivity index (χ3n) is 12.1. The Morgan fingerprint density at radius 2 is 0.845 bits per heavy atom. The zero-order valence-corrected chi connectivity index (χ0v) is 31.2. The molecule has 0 N–H and O–H groups in total. The molecule has 0 radical (unpaired) electrons. The third kappa shape index (κ3) is 4.33. The molecule has 0 aliphatic heterocycles. The number of benzene rings is 8. The Balaban J connectivity index is 1.01. The van der Waals surface area contributed by atoms with Gasteiger partial charge >= 0.3 is 0 Å². The van der Waals surface area contributed by atoms with Crippen LogP contribution in [0.2, 0.25) is 0 Å². The van der Waals surface area contributed by atoms with Crippen LogP contribution in [-0.4, -0.2) is 18.7 Å². The quantitative estimate of drug-likeness (QED) is 0.180. The Morgan fingerprint density at radius 1 is 0.328 bits per heavy atom. The van der Waals surface area contributed by atoms with Crippen LogP contribution in [0.15, 0.2) is 199 Å². The molecule has 8 aromatic carbocycles. The van der Waals surface area contributed by atoms with E-state index in [4.69, 9.17) is 9.40 Å². The van der Waals surface area contributed by atoms with Crippen molar-refractivity contribution < 1.29 is 4.42 Å². The van der Waals surface area contributed by atoms with Crippen molar-refractivity contribution in [3.63, 3.8) is 0 Å². The molecule has 5 nitrogen and oxygen atoms in total. The Bertz CT molecular complexity index is 3770. The minimum absolute atomic E-state index is 0.878. The van der Waals surface area contributed by atoms with E-state index in [-0.39, 0.29) is 0 Å². The first kappa shape index (κ1) is 31.3. The van der Waals surface area contributed by atoms with Crippen LogP contribution in [0.1, 0.15) is 0 Å². The standard InChI is InChI=1S/C53H32N4O/c1-7-20-44-36(13-1)37-14-2-8-21-45(37)56(44)51-25-12-26-52(54-51)57-46-22-9-4-17-40(46)53-35(18-11-23-48(53)57)33-27-29-47-41(31-33)38-15-3-6-19-43(38)55(47)34-28-30-50-42(32-34)39-16-5-10-24-49(39)58-50/h1-32H. The molecular formula is C53H32N4O. The zero-order valence-electron chi connectivity index (χ0n) is 31.2. The number of hydrogen-bond donors (Lipinski definition) is 0. The molecule has 5 heterocycles. The fourth-order valence-corrected chi connectivity index (χ4v) is 9.61. The molecule has 0 bridgehead atoms. The second-order valence-electron chi connectivity index (χ2n) is 15.1. The number of hydrogen-bond acceptors (Lipinski definition) is 2. The number of aromatic nitrogens is 4. The van der Waals surface area contributed by atoms with E-state index in [2.05, 4.69) is 196 Å². The van der Waals surface area contributed by atoms with Crippen molar-refractivity contribution in [1.29, 1.82) is 0 Å². The predicted molar refractivity (Wildman–Crippen MR) is 240 cm³/mol. The average molecular weight is 741 g/mol. The smallest absolute Gasteiger partial charge is 0.140 e. The highest BCUT2D eigenvalue weighted by Gasteiger charge is 2.20. The lowest BCUT2D eigenvalue weighted by Gasteiger charge is -2.12. The predicted octanol–water partition coefficient (Wildman–Crippen LogP) is 13.9. The molecule has 0 saturated carbocycles. The van der Waals surface area contributed by atoms with Crippen molar-refractivity contribution in [1.82, 2.24) is 18.7 Å². The van der Waals surface area contributed by atoms with E-state index in [1.54, 1.807) is 0 Å². The highest BCUT2D eigenvalue weighted by atomic mass is 16.3. The fraction of sp³-hybridized carbons (Fsp3) is 0. The van der Waals surface area contributed by atoms with Crippen LogP contribution < -0.4 is 0 Å². The molecule has 0 unspecified atom stereocenters. The van der Waals surface area contributed by atoms with Gasteiger partial charge in [-0.2, -0.15) is 0 Å². The van der Waals surface area contributed by atoms with Gasteiger partial charge in [-0.1, -0.05) is 115 Å². The van der Waals surface area contributed by atoms with Gasteiger partial charge in [-0.15, -0.1) is 0 Å². The van der Waals surface area contributed by atoms with Gasteiger partial charge in [0.1, 0.15) is 22.8 Å². The maximum absolute atomic E-state index is 6.20. The van der Waals surface area contributed by atoms with Gasteiger partial charge in [-0.3, -0.25) is 9.13 Å². The Kier molecular flexibility index (Phi) is 6.38. The van der Waals surface area contributed by atoms with Crippen LogP contribution in [0.5, 0.6) is 0 Å². The van der Waals surface area contributed by atoms with Crippen molar-refractivity contribution >= 4 is 87.4 Å². The maximum Gasteiger partial charge on any atom is 0.140 e. The van der Waals surface area contributed by atoms with E-state index in [1.165, 1.54) is 49.0 Å². The van der Waals surface area contributed by atoms with Crippen LogP contribution in [0, 0.1) is 0 Å². The van der Waals surface area contributed by atoms with E-state index >= 15 is 0 Å². The van der Waals surface area contributed by atoms with Crippen LogP contribution in [0.25, 0.3) is 116 Å². The van der Waals surface area contributed by atoms with Crippen molar-refractivity contribution in [3.8, 4) is 28.5 Å². The SMILES string of the molecule is c1cc(-n2c3ccccc3c3ccccc32)nc(-n2c3ccccc3c3c(-c4ccc5c(c4)c4ccccc4n5-c4ccc5oc6ccccc6c5c4)cccc32)c1. The number of rotatable bonds is 4. The topological polar surface area (TPSA) is 40.8 Å². The average Bonchev–Trinajstić information content (AvgIpc) is 4.02. The summed E-state index contributed by atoms with van der Waals surface area (Å²) in [5.41, 5.74) is 12.1. The summed E-state index contributed by atoms with van der Waals surface area (Å²) in [5.74, 6) is 1.77. The number of fused-ring (bicyclic) bond motifs is 12. The van der Waals surface area contributed by atoms with Crippen LogP contribution in [-0.2, 0) is 0 Å². The molecule has 0 fully saturated rings. The lowest BCUT2D eigenvalue weighted by Crippen LogP contribution is -2.03. The normalized spacial score (nSPS) is 12.1. The lowest BCUT2D eigenvalue weighted by atomic mass is 9.98. The summed E-state index contributed by atoms with van der Waals surface area (Å²) >= 11 is 0. The molecule has 5 heteroatoms. The molecule has 0 aliphatic carbocycles. The number of pyridine rings is 1. The van der Waals surface area contributed by atoms with Crippen molar-refractivity contribution in [3.05, 3.63) is 194 Å². The Hall–Kier alpha value is -7.89. The molecule has 13 rings (SSSR count). The molecule has 0 saturated heterocycles. The Labute approximate surface area is 331 Å². The summed E-state index contributed by atoms with van der Waals surface area (Å²) in [6, 6.07) is 69.4. The van der Waals surface area contributed by atoms with Gasteiger partial charge in [0.05, 0.1) is 33.1 Å². The van der Waals surface area contributed by atoms with E-state index < -0.39 is 0 Å². The summed E-state index contributed by atoms with van der Waals surface area (Å²) in [6.45, 7) is 0. The second kappa shape index (κ2) is 11.8. The molecule has 58 heavy (non-hydrogen) atoms. The molecule has 0 spiro atoms. The highest BCUT2D eigenvalue weighted by molar-refractivity contribution is 6.18. The highest BCUT2D eigenvalue weighted by Crippen LogP contribution is 2.42. The van der Waals surface area contributed by atoms with E-state index in [1.807, 2.05) is 12.1 Å². The first-order chi connectivity index (χ1) is 28.8. The lowest BCUT2D eigenvalue weighted by molar-refractivity contribution is 0.669. The largest absolute Gasteiger partial charge is 0.456 e. The molecule has 0 atom stereocenters. The van der Waals surface area contributed by atoms with Crippen LogP contribution in [0.3, 0.4) is 0 Å². The van der Waals surface area contributed by atoms with Gasteiger partial charge in [-0.05, 0) is 90.0 Å². The van der Waals surface area contributed by atoms with Gasteiger partial charge in [0, 0.05) is 48.8 Å². The van der Waals surface area contributed by atoms with E-state index in [0.29, 0.717) is 0 Å². The fourth-order valence-electron chi connectivity index (χ4n) is 9.61. The molecule has 13 aromatic rings. The number of para-hydroxylation sites is 5. The van der Waals surface area contributed by atoms with Crippen LogP contribution in [0.4, 0.5) is 0 Å². The first-order valence-corrected chi connectivity index (χ1v) is 19.7. The third-order valence-corrected chi connectivity index (χ3v) is 12.1. The van der Waals surface area contributed by atoms with Gasteiger partial charge in [0.25, 0.3) is 0 Å². The van der Waals surface area contributed by atoms with E-state index in [0.717, 1.165) is 66.8 Å². The summed E-state index contributed by atoms with van der Waals surface area (Å²) in [7, 11) is 0. The molecule has 0 amide bonds. The van der Waals surface area contributed by atoms with E-state index in [9.17, 15) is 0 Å². The van der Waals surface area contributed by atoms with Crippen molar-refractivity contribution in [2.45, 2.75) is 0 Å². The zero-order chi connectivity index (χ0) is 37.9. The summed E-state index contributed by atoms with van der Waals surface area (Å²) in [4.78, 5) is 5.42. The van der Waals surface area contributed by atoms with Gasteiger partial charge in [0.2, 0.25) is 0 Å². The number of nitrogens with zero attached hydrogens (tertiary/aromatic N) is 4. The number of furan rings is 1. The molecule has 5 aromatic heterocycles.